The van der Waals surface area contributed by atoms with Gasteiger partial charge in [-0.1, -0.05) is 6.07 Å². The van der Waals surface area contributed by atoms with Crippen LogP contribution in [0.25, 0.3) is 0 Å². The van der Waals surface area contributed by atoms with Crippen LogP contribution in [0.5, 0.6) is 0 Å². The maximum Gasteiger partial charge on any atom is 0.243 e. The Balaban J connectivity index is 1.69. The SMILES string of the molecule is Cc1ccc(S(=O)(=O)N(CCCN2CCCC2=O)CCC(=O)N2CCNCC2)cc1C. The van der Waals surface area contributed by atoms with E-state index in [1.54, 1.807) is 21.9 Å². The third-order valence-electron chi connectivity index (χ3n) is 6.17. The van der Waals surface area contributed by atoms with Gasteiger partial charge in [0.25, 0.3) is 0 Å². The minimum Gasteiger partial charge on any atom is -0.343 e. The summed E-state index contributed by atoms with van der Waals surface area (Å²) in [5, 5.41) is 3.22. The van der Waals surface area contributed by atoms with Gasteiger partial charge < -0.3 is 15.1 Å². The predicted octanol–water partition coefficient (Wildman–Crippen LogP) is 1.13. The molecule has 2 fully saturated rings. The Morgan fingerprint density at radius 1 is 1.10 bits per heavy atom. The van der Waals surface area contributed by atoms with E-state index in [0.717, 1.165) is 37.2 Å². The van der Waals surface area contributed by atoms with E-state index >= 15 is 0 Å². The van der Waals surface area contributed by atoms with Crippen molar-refractivity contribution in [1.82, 2.24) is 19.4 Å². The highest BCUT2D eigenvalue weighted by molar-refractivity contribution is 7.89. The van der Waals surface area contributed by atoms with E-state index in [4.69, 9.17) is 0 Å². The van der Waals surface area contributed by atoms with Gasteiger partial charge in [-0.25, -0.2) is 8.42 Å². The van der Waals surface area contributed by atoms with E-state index < -0.39 is 10.0 Å². The van der Waals surface area contributed by atoms with Gasteiger partial charge in [0.05, 0.1) is 4.90 Å². The van der Waals surface area contributed by atoms with E-state index in [1.807, 2.05) is 19.9 Å². The Kier molecular flexibility index (Phi) is 8.07. The average molecular weight is 451 g/mol. The highest BCUT2D eigenvalue weighted by Crippen LogP contribution is 2.20. The number of sulfonamides is 1. The second kappa shape index (κ2) is 10.6. The van der Waals surface area contributed by atoms with Crippen LogP contribution < -0.4 is 5.32 Å². The number of amides is 2. The molecular weight excluding hydrogens is 416 g/mol. The lowest BCUT2D eigenvalue weighted by atomic mass is 10.1. The molecule has 2 saturated heterocycles. The highest BCUT2D eigenvalue weighted by atomic mass is 32.2. The van der Waals surface area contributed by atoms with Crippen LogP contribution in [0.4, 0.5) is 0 Å². The summed E-state index contributed by atoms with van der Waals surface area (Å²) in [7, 11) is -3.73. The summed E-state index contributed by atoms with van der Waals surface area (Å²) < 4.78 is 28.2. The summed E-state index contributed by atoms with van der Waals surface area (Å²) in [6.07, 6.45) is 2.15. The summed E-state index contributed by atoms with van der Waals surface area (Å²) in [4.78, 5) is 28.3. The number of piperazine rings is 1. The van der Waals surface area contributed by atoms with E-state index in [2.05, 4.69) is 5.32 Å². The first-order valence-electron chi connectivity index (χ1n) is 11.1. The Hall–Kier alpha value is -1.97. The zero-order valence-electron chi connectivity index (χ0n) is 18.6. The van der Waals surface area contributed by atoms with Crippen LogP contribution in [0, 0.1) is 13.8 Å². The molecule has 1 aromatic rings. The van der Waals surface area contributed by atoms with Crippen LogP contribution in [0.3, 0.4) is 0 Å². The van der Waals surface area contributed by atoms with Crippen LogP contribution in [0.2, 0.25) is 0 Å². The number of aryl methyl sites for hydroxylation is 2. The first kappa shape index (κ1) is 23.7. The molecule has 9 heteroatoms. The predicted molar refractivity (Wildman–Crippen MR) is 119 cm³/mol. The van der Waals surface area contributed by atoms with Crippen LogP contribution >= 0.6 is 0 Å². The molecule has 1 aromatic carbocycles. The van der Waals surface area contributed by atoms with Crippen molar-refractivity contribution in [3.63, 3.8) is 0 Å². The lowest BCUT2D eigenvalue weighted by Gasteiger charge is -2.29. The summed E-state index contributed by atoms with van der Waals surface area (Å²) >= 11 is 0. The van der Waals surface area contributed by atoms with E-state index in [-0.39, 0.29) is 36.2 Å². The van der Waals surface area contributed by atoms with Crippen LogP contribution in [-0.2, 0) is 19.6 Å². The second-order valence-electron chi connectivity index (χ2n) is 8.37. The second-order valence-corrected chi connectivity index (χ2v) is 10.3. The smallest absolute Gasteiger partial charge is 0.243 e. The minimum absolute atomic E-state index is 0.0171. The fraction of sp³-hybridized carbons (Fsp3) is 0.636. The summed E-state index contributed by atoms with van der Waals surface area (Å²) in [6, 6.07) is 5.14. The van der Waals surface area contributed by atoms with Crippen molar-refractivity contribution in [2.75, 3.05) is 52.4 Å². The van der Waals surface area contributed by atoms with Crippen molar-refractivity contribution in [3.05, 3.63) is 29.3 Å². The van der Waals surface area contributed by atoms with Gasteiger partial charge in [0.2, 0.25) is 21.8 Å². The van der Waals surface area contributed by atoms with Crippen molar-refractivity contribution in [2.45, 2.75) is 44.4 Å². The zero-order valence-corrected chi connectivity index (χ0v) is 19.4. The fourth-order valence-electron chi connectivity index (χ4n) is 4.05. The number of nitrogens with one attached hydrogen (secondary N) is 1. The maximum absolute atomic E-state index is 13.4. The highest BCUT2D eigenvalue weighted by Gasteiger charge is 2.27. The molecule has 0 aromatic heterocycles. The molecule has 0 radical (unpaired) electrons. The van der Waals surface area contributed by atoms with Crippen molar-refractivity contribution >= 4 is 21.8 Å². The van der Waals surface area contributed by atoms with E-state index in [0.29, 0.717) is 32.5 Å². The monoisotopic (exact) mass is 450 g/mol. The van der Waals surface area contributed by atoms with Gasteiger partial charge in [-0.2, -0.15) is 4.31 Å². The van der Waals surface area contributed by atoms with Gasteiger partial charge in [-0.05, 0) is 49.9 Å². The van der Waals surface area contributed by atoms with Crippen molar-refractivity contribution in [2.24, 2.45) is 0 Å². The first-order valence-corrected chi connectivity index (χ1v) is 12.6. The van der Waals surface area contributed by atoms with Crippen molar-refractivity contribution < 1.29 is 18.0 Å². The summed E-state index contributed by atoms with van der Waals surface area (Å²) in [6.45, 7) is 8.39. The molecule has 0 saturated carbocycles. The maximum atomic E-state index is 13.4. The first-order chi connectivity index (χ1) is 14.8. The Morgan fingerprint density at radius 3 is 2.48 bits per heavy atom. The largest absolute Gasteiger partial charge is 0.343 e. The summed E-state index contributed by atoms with van der Waals surface area (Å²) in [5.74, 6) is 0.119. The zero-order chi connectivity index (χ0) is 22.4. The van der Waals surface area contributed by atoms with Crippen LogP contribution in [0.15, 0.2) is 23.1 Å². The number of likely N-dealkylation sites (tertiary alicyclic amines) is 1. The number of hydrogen-bond acceptors (Lipinski definition) is 5. The molecule has 0 aliphatic carbocycles. The molecular formula is C22H34N4O4S. The van der Waals surface area contributed by atoms with Gasteiger partial charge in [-0.15, -0.1) is 0 Å². The molecule has 0 atom stereocenters. The molecule has 8 nitrogen and oxygen atoms in total. The molecule has 2 aliphatic heterocycles. The molecule has 0 spiro atoms. The normalized spacial score (nSPS) is 17.6. The quantitative estimate of drug-likeness (QED) is 0.609. The molecule has 2 aliphatic rings. The molecule has 3 rings (SSSR count). The lowest BCUT2D eigenvalue weighted by molar-refractivity contribution is -0.131. The van der Waals surface area contributed by atoms with Crippen LogP contribution in [-0.4, -0.2) is 86.7 Å². The molecule has 1 N–H and O–H groups in total. The third-order valence-corrected chi connectivity index (χ3v) is 8.06. The van der Waals surface area contributed by atoms with Gasteiger partial charge in [0, 0.05) is 65.2 Å². The van der Waals surface area contributed by atoms with Gasteiger partial charge in [-0.3, -0.25) is 9.59 Å². The molecule has 2 heterocycles. The Labute approximate surface area is 185 Å². The van der Waals surface area contributed by atoms with Crippen molar-refractivity contribution in [3.8, 4) is 0 Å². The topological polar surface area (TPSA) is 90.0 Å². The number of carbonyl (C=O) groups is 2. The summed E-state index contributed by atoms with van der Waals surface area (Å²) in [5.41, 5.74) is 1.95. The molecule has 31 heavy (non-hydrogen) atoms. The Bertz CT molecular complexity index is 897. The van der Waals surface area contributed by atoms with Gasteiger partial charge >= 0.3 is 0 Å². The molecule has 172 valence electrons. The average Bonchev–Trinajstić information content (AvgIpc) is 3.17. The Morgan fingerprint density at radius 2 is 1.84 bits per heavy atom. The van der Waals surface area contributed by atoms with Crippen molar-refractivity contribution in [1.29, 1.82) is 0 Å². The molecule has 0 unspecified atom stereocenters. The number of nitrogens with zero attached hydrogens (tertiary/aromatic N) is 3. The number of hydrogen-bond donors (Lipinski definition) is 1. The van der Waals surface area contributed by atoms with E-state index in [1.165, 1.54) is 4.31 Å². The van der Waals surface area contributed by atoms with Gasteiger partial charge in [0.1, 0.15) is 0 Å². The molecule has 0 bridgehead atoms. The minimum atomic E-state index is -3.73. The number of rotatable bonds is 9. The molecule has 2 amide bonds. The lowest BCUT2D eigenvalue weighted by Crippen LogP contribution is -2.47. The van der Waals surface area contributed by atoms with Gasteiger partial charge in [0.15, 0.2) is 0 Å². The standard InChI is InChI=1S/C22H34N4O4S/c1-18-6-7-20(17-19(18)2)31(29,30)26(13-4-12-24-11-3-5-21(24)27)14-8-22(28)25-15-9-23-10-16-25/h6-7,17,23H,3-5,8-16H2,1-2H3. The third kappa shape index (κ3) is 6.05. The number of benzene rings is 1. The fourth-order valence-corrected chi connectivity index (χ4v) is 5.61. The van der Waals surface area contributed by atoms with Crippen LogP contribution in [0.1, 0.15) is 36.8 Å². The number of carbonyl (C=O) groups excluding carboxylic acids is 2. The van der Waals surface area contributed by atoms with E-state index in [9.17, 15) is 18.0 Å².